The van der Waals surface area contributed by atoms with Gasteiger partial charge < -0.3 is 25.4 Å². The van der Waals surface area contributed by atoms with E-state index in [4.69, 9.17) is 14.9 Å². The fourth-order valence-electron chi connectivity index (χ4n) is 2.02. The Kier molecular flexibility index (Phi) is 6.58. The van der Waals surface area contributed by atoms with Crippen LogP contribution in [0.5, 0.6) is 11.6 Å². The van der Waals surface area contributed by atoms with Crippen molar-refractivity contribution in [3.63, 3.8) is 0 Å². The van der Waals surface area contributed by atoms with E-state index in [-0.39, 0.29) is 12.4 Å². The lowest BCUT2D eigenvalue weighted by Gasteiger charge is -2.12. The Hall–Kier alpha value is -2.25. The average Bonchev–Trinajstić information content (AvgIpc) is 3.30. The van der Waals surface area contributed by atoms with Gasteiger partial charge in [-0.25, -0.2) is 14.6 Å². The van der Waals surface area contributed by atoms with Crippen molar-refractivity contribution >= 4 is 34.2 Å². The number of aliphatic hydroxyl groups excluding tert-OH is 3. The third kappa shape index (κ3) is 4.93. The van der Waals surface area contributed by atoms with E-state index in [9.17, 15) is 5.11 Å². The molecular formula is C15H18N6O4S2. The van der Waals surface area contributed by atoms with Crippen molar-refractivity contribution in [1.82, 2.24) is 24.1 Å². The minimum atomic E-state index is -1.13. The molecule has 3 aromatic heterocycles. The van der Waals surface area contributed by atoms with Gasteiger partial charge in [0, 0.05) is 41.5 Å². The van der Waals surface area contributed by atoms with Crippen LogP contribution in [0.4, 0.5) is 10.9 Å². The number of ether oxygens (including phenoxy) is 1. The third-order valence-electron chi connectivity index (χ3n) is 3.32. The summed E-state index contributed by atoms with van der Waals surface area (Å²) in [6, 6.07) is 3.52. The molecule has 0 bridgehead atoms. The highest BCUT2D eigenvalue weighted by Gasteiger charge is 2.16. The van der Waals surface area contributed by atoms with Gasteiger partial charge in [0.2, 0.25) is 11.0 Å². The predicted molar refractivity (Wildman–Crippen MR) is 101 cm³/mol. The third-order valence-corrected chi connectivity index (χ3v) is 4.90. The van der Waals surface area contributed by atoms with E-state index in [0.717, 1.165) is 16.4 Å². The smallest absolute Gasteiger partial charge is 0.217 e. The summed E-state index contributed by atoms with van der Waals surface area (Å²) >= 11 is 2.48. The molecule has 144 valence electrons. The summed E-state index contributed by atoms with van der Waals surface area (Å²) in [5.41, 5.74) is 0. The van der Waals surface area contributed by atoms with Gasteiger partial charge in [0.25, 0.3) is 0 Å². The van der Waals surface area contributed by atoms with E-state index in [1.807, 2.05) is 0 Å². The first-order chi connectivity index (χ1) is 13.1. The minimum absolute atomic E-state index is 0.0589. The zero-order valence-electron chi connectivity index (χ0n) is 14.3. The fourth-order valence-corrected chi connectivity index (χ4v) is 3.28. The van der Waals surface area contributed by atoms with Crippen molar-refractivity contribution in [3.05, 3.63) is 30.4 Å². The van der Waals surface area contributed by atoms with Gasteiger partial charge in [-0.1, -0.05) is 0 Å². The first-order valence-electron chi connectivity index (χ1n) is 7.90. The highest BCUT2D eigenvalue weighted by Crippen LogP contribution is 2.34. The largest absolute Gasteiger partial charge is 0.435 e. The molecule has 12 heteroatoms. The highest BCUT2D eigenvalue weighted by molar-refractivity contribution is 7.99. The summed E-state index contributed by atoms with van der Waals surface area (Å²) in [6.45, 7) is -0.399. The van der Waals surface area contributed by atoms with E-state index in [2.05, 4.69) is 24.8 Å². The van der Waals surface area contributed by atoms with Gasteiger partial charge in [-0.2, -0.15) is 9.47 Å². The Bertz CT molecular complexity index is 887. The summed E-state index contributed by atoms with van der Waals surface area (Å²) in [5, 5.41) is 35.1. The van der Waals surface area contributed by atoms with Gasteiger partial charge in [-0.3, -0.25) is 0 Å². The molecule has 4 N–H and O–H groups in total. The number of aryl methyl sites for hydroxylation is 1. The molecule has 3 heterocycles. The Morgan fingerprint density at radius 2 is 2.26 bits per heavy atom. The van der Waals surface area contributed by atoms with Crippen molar-refractivity contribution in [1.29, 1.82) is 0 Å². The van der Waals surface area contributed by atoms with Crippen LogP contribution in [-0.2, 0) is 7.05 Å². The maximum atomic E-state index is 9.61. The number of nitrogens with zero attached hydrogens (tertiary/aromatic N) is 5. The van der Waals surface area contributed by atoms with E-state index in [0.29, 0.717) is 28.3 Å². The quantitative estimate of drug-likeness (QED) is 0.382. The van der Waals surface area contributed by atoms with E-state index < -0.39 is 12.7 Å². The number of rotatable bonds is 9. The SMILES string of the molecule is Cn1nccc1Oc1cc(SCCO)cnc1Nc1nc(C(O)CO)ns1. The van der Waals surface area contributed by atoms with E-state index in [1.165, 1.54) is 11.8 Å². The molecule has 3 rings (SSSR count). The lowest BCUT2D eigenvalue weighted by molar-refractivity contribution is 0.0897. The molecule has 0 aromatic carbocycles. The number of pyridine rings is 1. The van der Waals surface area contributed by atoms with Crippen LogP contribution in [-0.4, -0.2) is 58.4 Å². The second-order valence-corrected chi connectivity index (χ2v) is 7.19. The number of thioether (sulfide) groups is 1. The molecule has 1 unspecified atom stereocenters. The number of anilines is 2. The molecule has 0 aliphatic carbocycles. The number of nitrogens with one attached hydrogen (secondary N) is 1. The maximum Gasteiger partial charge on any atom is 0.217 e. The number of hydrogen-bond donors (Lipinski definition) is 4. The van der Waals surface area contributed by atoms with Crippen molar-refractivity contribution in [2.75, 3.05) is 24.3 Å². The van der Waals surface area contributed by atoms with E-state index >= 15 is 0 Å². The zero-order chi connectivity index (χ0) is 19.2. The lowest BCUT2D eigenvalue weighted by Crippen LogP contribution is -2.05. The van der Waals surface area contributed by atoms with Crippen LogP contribution in [0.1, 0.15) is 11.9 Å². The van der Waals surface area contributed by atoms with Gasteiger partial charge in [0.1, 0.15) is 6.10 Å². The molecule has 0 radical (unpaired) electrons. The van der Waals surface area contributed by atoms with Crippen molar-refractivity contribution in [2.24, 2.45) is 7.05 Å². The molecular weight excluding hydrogens is 392 g/mol. The topological polar surface area (TPSA) is 138 Å². The molecule has 27 heavy (non-hydrogen) atoms. The number of hydrogen-bond acceptors (Lipinski definition) is 11. The molecule has 0 aliphatic heterocycles. The molecule has 3 aromatic rings. The molecule has 0 aliphatic rings. The normalized spacial score (nSPS) is 12.1. The standard InChI is InChI=1S/C15H18N6O4S2/c1-21-12(2-3-17-21)25-11-6-9(26-5-4-22)7-16-14(11)19-15-18-13(20-27-15)10(24)8-23/h2-3,6-7,10,22-24H,4-5,8H2,1H3,(H,16,18,19,20). The maximum absolute atomic E-state index is 9.61. The van der Waals surface area contributed by atoms with Gasteiger partial charge in [-0.15, -0.1) is 11.8 Å². The van der Waals surface area contributed by atoms with Crippen LogP contribution in [0.3, 0.4) is 0 Å². The summed E-state index contributed by atoms with van der Waals surface area (Å²) < 4.78 is 11.5. The Labute approximate surface area is 163 Å². The van der Waals surface area contributed by atoms with Crippen LogP contribution in [0.15, 0.2) is 29.4 Å². The predicted octanol–water partition coefficient (Wildman–Crippen LogP) is 1.31. The average molecular weight is 410 g/mol. The Morgan fingerprint density at radius 3 is 2.96 bits per heavy atom. The minimum Gasteiger partial charge on any atom is -0.435 e. The zero-order valence-corrected chi connectivity index (χ0v) is 15.9. The summed E-state index contributed by atoms with van der Waals surface area (Å²) in [7, 11) is 1.76. The fraction of sp³-hybridized carbons (Fsp3) is 0.333. The van der Waals surface area contributed by atoms with Gasteiger partial charge in [-0.05, 0) is 6.07 Å². The number of aromatic nitrogens is 5. The molecule has 1 atom stereocenters. The van der Waals surface area contributed by atoms with Gasteiger partial charge in [0.15, 0.2) is 17.4 Å². The Balaban J connectivity index is 1.86. The lowest BCUT2D eigenvalue weighted by atomic mass is 10.4. The molecule has 10 nitrogen and oxygen atoms in total. The van der Waals surface area contributed by atoms with Crippen molar-refractivity contribution in [3.8, 4) is 11.6 Å². The van der Waals surface area contributed by atoms with Crippen molar-refractivity contribution in [2.45, 2.75) is 11.0 Å². The van der Waals surface area contributed by atoms with Crippen molar-refractivity contribution < 1.29 is 20.1 Å². The molecule has 0 saturated carbocycles. The van der Waals surface area contributed by atoms with Crippen LogP contribution < -0.4 is 10.1 Å². The van der Waals surface area contributed by atoms with Crippen LogP contribution in [0.2, 0.25) is 0 Å². The summed E-state index contributed by atoms with van der Waals surface area (Å²) in [4.78, 5) is 9.34. The molecule has 0 fully saturated rings. The van der Waals surface area contributed by atoms with Crippen LogP contribution in [0.25, 0.3) is 0 Å². The van der Waals surface area contributed by atoms with Crippen LogP contribution in [0, 0.1) is 0 Å². The Morgan fingerprint density at radius 1 is 1.41 bits per heavy atom. The molecule has 0 saturated heterocycles. The number of aliphatic hydroxyl groups is 3. The summed E-state index contributed by atoms with van der Waals surface area (Å²) in [6.07, 6.45) is 2.14. The monoisotopic (exact) mass is 410 g/mol. The highest BCUT2D eigenvalue weighted by atomic mass is 32.2. The van der Waals surface area contributed by atoms with Crippen LogP contribution >= 0.6 is 23.3 Å². The van der Waals surface area contributed by atoms with E-state index in [1.54, 1.807) is 36.3 Å². The first kappa shape index (κ1) is 19.5. The van der Waals surface area contributed by atoms with Gasteiger partial charge in [0.05, 0.1) is 19.4 Å². The molecule has 0 spiro atoms. The second-order valence-electron chi connectivity index (χ2n) is 5.27. The summed E-state index contributed by atoms with van der Waals surface area (Å²) in [5.74, 6) is 2.05. The first-order valence-corrected chi connectivity index (χ1v) is 9.65. The van der Waals surface area contributed by atoms with Gasteiger partial charge >= 0.3 is 0 Å². The second kappa shape index (κ2) is 9.10. The molecule has 0 amide bonds.